The summed E-state index contributed by atoms with van der Waals surface area (Å²) >= 11 is 0. The molecule has 1 aliphatic rings. The number of hydrogen-bond acceptors (Lipinski definition) is 3. The highest BCUT2D eigenvalue weighted by Crippen LogP contribution is 2.22. The molecule has 0 aliphatic carbocycles. The zero-order chi connectivity index (χ0) is 13.1. The average molecular weight is 247 g/mol. The Hall–Kier alpha value is -0.960. The molecule has 0 N–H and O–H groups in total. The zero-order valence-corrected chi connectivity index (χ0v) is 12.2. The fourth-order valence-electron chi connectivity index (χ4n) is 2.94. The van der Waals surface area contributed by atoms with Gasteiger partial charge in [-0.3, -0.25) is 4.90 Å². The minimum Gasteiger partial charge on any atom is -0.296 e. The summed E-state index contributed by atoms with van der Waals surface area (Å²) in [5, 5.41) is 0. The highest BCUT2D eigenvalue weighted by Gasteiger charge is 2.17. The van der Waals surface area contributed by atoms with Gasteiger partial charge in [0, 0.05) is 11.4 Å². The first-order chi connectivity index (χ1) is 8.61. The van der Waals surface area contributed by atoms with Crippen LogP contribution in [0.2, 0.25) is 0 Å². The van der Waals surface area contributed by atoms with Crippen molar-refractivity contribution in [2.45, 2.75) is 59.4 Å². The Kier molecular flexibility index (Phi) is 4.33. The number of aromatic nitrogens is 2. The van der Waals surface area contributed by atoms with Crippen molar-refractivity contribution in [1.29, 1.82) is 0 Å². The molecule has 0 radical (unpaired) electrons. The monoisotopic (exact) mass is 247 g/mol. The van der Waals surface area contributed by atoms with Gasteiger partial charge >= 0.3 is 0 Å². The predicted molar refractivity (Wildman–Crippen MR) is 74.7 cm³/mol. The molecule has 1 aliphatic heterocycles. The molecule has 0 bridgehead atoms. The molecular formula is C15H25N3. The molecule has 3 heteroatoms. The minimum atomic E-state index is 0.515. The highest BCUT2D eigenvalue weighted by atomic mass is 15.2. The second kappa shape index (κ2) is 5.79. The number of aryl methyl sites for hydroxylation is 2. The Morgan fingerprint density at radius 3 is 2.39 bits per heavy atom. The van der Waals surface area contributed by atoms with Gasteiger partial charge in [0.1, 0.15) is 5.82 Å². The summed E-state index contributed by atoms with van der Waals surface area (Å²) in [7, 11) is 0. The van der Waals surface area contributed by atoms with Crippen LogP contribution in [0.3, 0.4) is 0 Å². The lowest BCUT2D eigenvalue weighted by Gasteiger charge is -2.18. The van der Waals surface area contributed by atoms with Crippen LogP contribution >= 0.6 is 0 Å². The first-order valence-corrected chi connectivity index (χ1v) is 7.20. The second-order valence-corrected chi connectivity index (χ2v) is 5.58. The molecule has 1 saturated heterocycles. The lowest BCUT2D eigenvalue weighted by atomic mass is 9.98. The van der Waals surface area contributed by atoms with Crippen molar-refractivity contribution in [2.24, 2.45) is 0 Å². The van der Waals surface area contributed by atoms with Gasteiger partial charge in [-0.2, -0.15) is 0 Å². The van der Waals surface area contributed by atoms with Gasteiger partial charge in [-0.05, 0) is 50.8 Å². The smallest absolute Gasteiger partial charge is 0.142 e. The van der Waals surface area contributed by atoms with Gasteiger partial charge in [0.05, 0.1) is 6.54 Å². The zero-order valence-electron chi connectivity index (χ0n) is 12.2. The largest absolute Gasteiger partial charge is 0.296 e. The summed E-state index contributed by atoms with van der Waals surface area (Å²) in [4.78, 5) is 12.0. The molecule has 18 heavy (non-hydrogen) atoms. The van der Waals surface area contributed by atoms with Gasteiger partial charge in [0.25, 0.3) is 0 Å². The first-order valence-electron chi connectivity index (χ1n) is 7.20. The number of likely N-dealkylation sites (tertiary alicyclic amines) is 1. The second-order valence-electron chi connectivity index (χ2n) is 5.58. The van der Waals surface area contributed by atoms with E-state index in [1.807, 2.05) is 0 Å². The van der Waals surface area contributed by atoms with E-state index in [4.69, 9.17) is 9.97 Å². The first kappa shape index (κ1) is 13.5. The van der Waals surface area contributed by atoms with Gasteiger partial charge in [0.2, 0.25) is 0 Å². The number of rotatable bonds is 4. The molecule has 1 aromatic heterocycles. The van der Waals surface area contributed by atoms with E-state index in [0.29, 0.717) is 5.92 Å². The quantitative estimate of drug-likeness (QED) is 0.819. The third-order valence-corrected chi connectivity index (χ3v) is 3.74. The lowest BCUT2D eigenvalue weighted by molar-refractivity contribution is 0.321. The predicted octanol–water partition coefficient (Wildman–Crippen LogP) is 3.07. The number of nitrogens with zero attached hydrogens (tertiary/aromatic N) is 3. The fraction of sp³-hybridized carbons (Fsp3) is 0.733. The van der Waals surface area contributed by atoms with Crippen molar-refractivity contribution < 1.29 is 0 Å². The Balaban J connectivity index is 2.24. The van der Waals surface area contributed by atoms with Crippen LogP contribution in [0.1, 0.15) is 62.3 Å². The molecule has 0 atom stereocenters. The summed E-state index contributed by atoms with van der Waals surface area (Å²) < 4.78 is 0. The summed E-state index contributed by atoms with van der Waals surface area (Å²) in [6.07, 6.45) is 3.65. The maximum Gasteiger partial charge on any atom is 0.142 e. The third-order valence-electron chi connectivity index (χ3n) is 3.74. The van der Waals surface area contributed by atoms with Crippen LogP contribution in [0.15, 0.2) is 0 Å². The minimum absolute atomic E-state index is 0.515. The Bertz CT molecular complexity index is 406. The molecule has 3 nitrogen and oxygen atoms in total. The van der Waals surface area contributed by atoms with Crippen molar-refractivity contribution in [2.75, 3.05) is 13.1 Å². The van der Waals surface area contributed by atoms with Crippen LogP contribution in [0.5, 0.6) is 0 Å². The maximum atomic E-state index is 4.78. The normalized spacial score (nSPS) is 16.7. The molecule has 0 amide bonds. The summed E-state index contributed by atoms with van der Waals surface area (Å²) in [5.74, 6) is 1.52. The average Bonchev–Trinajstić information content (AvgIpc) is 2.80. The maximum absolute atomic E-state index is 4.78. The van der Waals surface area contributed by atoms with E-state index >= 15 is 0 Å². The van der Waals surface area contributed by atoms with Crippen LogP contribution in [0.4, 0.5) is 0 Å². The van der Waals surface area contributed by atoms with Crippen LogP contribution in [0.25, 0.3) is 0 Å². The van der Waals surface area contributed by atoms with Crippen LogP contribution in [-0.4, -0.2) is 28.0 Å². The molecule has 100 valence electrons. The molecule has 1 aromatic rings. The summed E-state index contributed by atoms with van der Waals surface area (Å²) in [6.45, 7) is 12.1. The van der Waals surface area contributed by atoms with Crippen molar-refractivity contribution in [3.8, 4) is 0 Å². The molecule has 0 spiro atoms. The van der Waals surface area contributed by atoms with Crippen molar-refractivity contribution >= 4 is 0 Å². The van der Waals surface area contributed by atoms with Crippen molar-refractivity contribution in [1.82, 2.24) is 14.9 Å². The van der Waals surface area contributed by atoms with Crippen LogP contribution in [-0.2, 0) is 13.0 Å². The number of hydrogen-bond donors (Lipinski definition) is 0. The summed E-state index contributed by atoms with van der Waals surface area (Å²) in [5.41, 5.74) is 3.76. The van der Waals surface area contributed by atoms with E-state index in [0.717, 1.165) is 18.8 Å². The van der Waals surface area contributed by atoms with E-state index in [-0.39, 0.29) is 0 Å². The lowest BCUT2D eigenvalue weighted by Crippen LogP contribution is -2.21. The van der Waals surface area contributed by atoms with Gasteiger partial charge in [-0.25, -0.2) is 9.97 Å². The fourth-order valence-corrected chi connectivity index (χ4v) is 2.94. The molecule has 1 fully saturated rings. The van der Waals surface area contributed by atoms with Crippen LogP contribution < -0.4 is 0 Å². The topological polar surface area (TPSA) is 29.0 Å². The van der Waals surface area contributed by atoms with E-state index in [2.05, 4.69) is 32.6 Å². The van der Waals surface area contributed by atoms with Crippen molar-refractivity contribution in [3.63, 3.8) is 0 Å². The van der Waals surface area contributed by atoms with Gasteiger partial charge in [0.15, 0.2) is 0 Å². The third kappa shape index (κ3) is 2.89. The van der Waals surface area contributed by atoms with Gasteiger partial charge in [-0.1, -0.05) is 20.8 Å². The summed E-state index contributed by atoms with van der Waals surface area (Å²) in [6, 6.07) is 0. The molecule has 2 heterocycles. The van der Waals surface area contributed by atoms with Gasteiger partial charge < -0.3 is 0 Å². The SMILES string of the molecule is CCc1nc(CN2CCCC2)nc(C)c1C(C)C. The van der Waals surface area contributed by atoms with Crippen molar-refractivity contribution in [3.05, 3.63) is 22.8 Å². The van der Waals surface area contributed by atoms with E-state index in [1.165, 1.54) is 42.9 Å². The van der Waals surface area contributed by atoms with E-state index in [9.17, 15) is 0 Å². The molecule has 0 unspecified atom stereocenters. The van der Waals surface area contributed by atoms with E-state index in [1.54, 1.807) is 0 Å². The molecule has 0 aromatic carbocycles. The highest BCUT2D eigenvalue weighted by molar-refractivity contribution is 5.28. The van der Waals surface area contributed by atoms with Gasteiger partial charge in [-0.15, -0.1) is 0 Å². The Morgan fingerprint density at radius 1 is 1.17 bits per heavy atom. The molecule has 0 saturated carbocycles. The Labute approximate surface area is 111 Å². The Morgan fingerprint density at radius 2 is 1.83 bits per heavy atom. The van der Waals surface area contributed by atoms with Crippen LogP contribution in [0, 0.1) is 6.92 Å². The standard InChI is InChI=1S/C15H25N3/c1-5-13-15(11(2)3)12(4)16-14(17-13)10-18-8-6-7-9-18/h11H,5-10H2,1-4H3. The molecular weight excluding hydrogens is 222 g/mol. The molecule has 2 rings (SSSR count). The van der Waals surface area contributed by atoms with E-state index < -0.39 is 0 Å².